The van der Waals surface area contributed by atoms with Crippen LogP contribution in [0.3, 0.4) is 0 Å². The smallest absolute Gasteiger partial charge is 0.319 e. The van der Waals surface area contributed by atoms with Gasteiger partial charge in [-0.1, -0.05) is 38.8 Å². The van der Waals surface area contributed by atoms with Crippen molar-refractivity contribution >= 4 is 22.6 Å². The fraction of sp³-hybridized carbons (Fsp3) is 0.560. The third-order valence-electron chi connectivity index (χ3n) is 6.08. The highest BCUT2D eigenvalue weighted by atomic mass is 16.2. The number of likely N-dealkylation sites (tertiary alicyclic amines) is 1. The molecule has 3 rings (SSSR count). The highest BCUT2D eigenvalue weighted by molar-refractivity contribution is 5.94. The van der Waals surface area contributed by atoms with Gasteiger partial charge in [-0.25, -0.2) is 4.79 Å². The number of unbranched alkanes of at least 4 members (excludes halogenated alkanes) is 2. The number of fused-ring (bicyclic) bond motifs is 1. The van der Waals surface area contributed by atoms with E-state index in [0.717, 1.165) is 24.0 Å². The maximum absolute atomic E-state index is 12.2. The van der Waals surface area contributed by atoms with Gasteiger partial charge >= 0.3 is 6.03 Å². The Morgan fingerprint density at radius 1 is 1.20 bits per heavy atom. The number of H-pyrrole nitrogens is 1. The summed E-state index contributed by atoms with van der Waals surface area (Å²) in [6, 6.07) is 6.01. The van der Waals surface area contributed by atoms with E-state index in [1.807, 2.05) is 6.07 Å². The van der Waals surface area contributed by atoms with E-state index in [9.17, 15) is 4.79 Å². The Morgan fingerprint density at radius 2 is 2.03 bits per heavy atom. The maximum Gasteiger partial charge on any atom is 0.319 e. The summed E-state index contributed by atoms with van der Waals surface area (Å²) in [5.74, 6) is 0.593. The second-order valence-electron chi connectivity index (χ2n) is 8.38. The lowest BCUT2D eigenvalue weighted by Gasteiger charge is -2.32. The van der Waals surface area contributed by atoms with Crippen LogP contribution < -0.4 is 10.6 Å². The number of nitrogens with one attached hydrogen (secondary N) is 3. The molecule has 0 spiro atoms. The van der Waals surface area contributed by atoms with Crippen LogP contribution in [0.15, 0.2) is 36.5 Å². The van der Waals surface area contributed by atoms with Crippen LogP contribution >= 0.6 is 0 Å². The number of urea groups is 1. The molecule has 1 aromatic heterocycles. The SMILES string of the molecule is CCC=CCCNC(=O)Nc1ccc2[nH]cc(C3CCN(CCCCC)CC3)c2c1. The molecule has 2 amide bonds. The summed E-state index contributed by atoms with van der Waals surface area (Å²) < 4.78 is 0. The number of rotatable bonds is 10. The Kier molecular flexibility index (Phi) is 8.81. The molecule has 5 heteroatoms. The summed E-state index contributed by atoms with van der Waals surface area (Å²) in [6.45, 7) is 8.64. The first-order chi connectivity index (χ1) is 14.7. The molecular formula is C25H38N4O. The molecule has 0 atom stereocenters. The molecule has 30 heavy (non-hydrogen) atoms. The van der Waals surface area contributed by atoms with Gasteiger partial charge in [0.15, 0.2) is 0 Å². The monoisotopic (exact) mass is 410 g/mol. The van der Waals surface area contributed by atoms with Crippen LogP contribution in [0.5, 0.6) is 0 Å². The fourth-order valence-electron chi connectivity index (χ4n) is 4.34. The molecule has 3 N–H and O–H groups in total. The first kappa shape index (κ1) is 22.4. The van der Waals surface area contributed by atoms with E-state index in [-0.39, 0.29) is 6.03 Å². The molecule has 1 aromatic carbocycles. The van der Waals surface area contributed by atoms with E-state index >= 15 is 0 Å². The first-order valence-electron chi connectivity index (χ1n) is 11.7. The van der Waals surface area contributed by atoms with Gasteiger partial charge < -0.3 is 20.5 Å². The second kappa shape index (κ2) is 11.8. The third-order valence-corrected chi connectivity index (χ3v) is 6.08. The van der Waals surface area contributed by atoms with Crippen LogP contribution in [0.4, 0.5) is 10.5 Å². The summed E-state index contributed by atoms with van der Waals surface area (Å²) in [6.07, 6.45) is 14.7. The minimum Gasteiger partial charge on any atom is -0.361 e. The van der Waals surface area contributed by atoms with E-state index in [0.29, 0.717) is 12.5 Å². The Morgan fingerprint density at radius 3 is 2.80 bits per heavy atom. The number of benzene rings is 1. The third kappa shape index (κ3) is 6.36. The van der Waals surface area contributed by atoms with E-state index < -0.39 is 0 Å². The molecule has 2 aromatic rings. The van der Waals surface area contributed by atoms with E-state index in [4.69, 9.17) is 0 Å². The van der Waals surface area contributed by atoms with Crippen molar-refractivity contribution in [2.24, 2.45) is 0 Å². The number of hydrogen-bond acceptors (Lipinski definition) is 2. The topological polar surface area (TPSA) is 60.2 Å². The normalized spacial score (nSPS) is 15.8. The number of aromatic nitrogens is 1. The summed E-state index contributed by atoms with van der Waals surface area (Å²) >= 11 is 0. The summed E-state index contributed by atoms with van der Waals surface area (Å²) in [4.78, 5) is 18.2. The van der Waals surface area contributed by atoms with Crippen LogP contribution in [0.1, 0.15) is 70.3 Å². The number of piperidine rings is 1. The predicted molar refractivity (Wildman–Crippen MR) is 127 cm³/mol. The largest absolute Gasteiger partial charge is 0.361 e. The average molecular weight is 411 g/mol. The second-order valence-corrected chi connectivity index (χ2v) is 8.38. The van der Waals surface area contributed by atoms with Gasteiger partial charge in [-0.15, -0.1) is 0 Å². The number of nitrogens with zero attached hydrogens (tertiary/aromatic N) is 1. The zero-order valence-corrected chi connectivity index (χ0v) is 18.7. The minimum atomic E-state index is -0.142. The van der Waals surface area contributed by atoms with Gasteiger partial charge in [0.25, 0.3) is 0 Å². The predicted octanol–water partition coefficient (Wildman–Crippen LogP) is 6.02. The minimum absolute atomic E-state index is 0.142. The van der Waals surface area contributed by atoms with Crippen molar-refractivity contribution in [3.63, 3.8) is 0 Å². The molecule has 5 nitrogen and oxygen atoms in total. The fourth-order valence-corrected chi connectivity index (χ4v) is 4.34. The number of carbonyl (C=O) groups is 1. The van der Waals surface area contributed by atoms with E-state index in [2.05, 4.69) is 64.8 Å². The number of amides is 2. The Balaban J connectivity index is 1.56. The number of carbonyl (C=O) groups excluding carboxylic acids is 1. The van der Waals surface area contributed by atoms with Gasteiger partial charge in [-0.3, -0.25) is 0 Å². The molecule has 164 valence electrons. The van der Waals surface area contributed by atoms with E-state index in [1.165, 1.54) is 62.7 Å². The zero-order valence-electron chi connectivity index (χ0n) is 18.7. The van der Waals surface area contributed by atoms with Crippen LogP contribution in [0.25, 0.3) is 10.9 Å². The zero-order chi connectivity index (χ0) is 21.2. The van der Waals surface area contributed by atoms with Gasteiger partial charge in [-0.2, -0.15) is 0 Å². The van der Waals surface area contributed by atoms with Crippen LogP contribution in [-0.4, -0.2) is 42.1 Å². The van der Waals surface area contributed by atoms with Crippen molar-refractivity contribution in [2.75, 3.05) is 31.5 Å². The van der Waals surface area contributed by atoms with Gasteiger partial charge in [-0.05, 0) is 81.4 Å². The van der Waals surface area contributed by atoms with E-state index in [1.54, 1.807) is 0 Å². The standard InChI is InChI=1S/C25H38N4O/c1-3-5-7-8-14-26-25(30)28-21-10-11-24-22(18-21)23(19-27-24)20-12-16-29(17-13-20)15-9-6-4-2/h5,7,10-11,18-20,27H,3-4,6,8-9,12-17H2,1-2H3,(H2,26,28,30). The van der Waals surface area contributed by atoms with Crippen LogP contribution in [0.2, 0.25) is 0 Å². The molecule has 0 aliphatic carbocycles. The maximum atomic E-state index is 12.2. The molecule has 1 aliphatic heterocycles. The molecule has 2 heterocycles. The number of aromatic amines is 1. The first-order valence-corrected chi connectivity index (χ1v) is 11.7. The van der Waals surface area contributed by atoms with Crippen molar-refractivity contribution in [1.29, 1.82) is 0 Å². The summed E-state index contributed by atoms with van der Waals surface area (Å²) in [7, 11) is 0. The number of hydrogen-bond donors (Lipinski definition) is 3. The average Bonchev–Trinajstić information content (AvgIpc) is 3.17. The Labute approximate surface area is 181 Å². The van der Waals surface area contributed by atoms with Crippen molar-refractivity contribution in [2.45, 2.75) is 64.7 Å². The summed E-state index contributed by atoms with van der Waals surface area (Å²) in [5.41, 5.74) is 3.39. The lowest BCUT2D eigenvalue weighted by atomic mass is 9.89. The van der Waals surface area contributed by atoms with Gasteiger partial charge in [0.2, 0.25) is 0 Å². The molecule has 0 bridgehead atoms. The molecular weight excluding hydrogens is 372 g/mol. The summed E-state index contributed by atoms with van der Waals surface area (Å²) in [5, 5.41) is 7.14. The highest BCUT2D eigenvalue weighted by Crippen LogP contribution is 2.34. The van der Waals surface area contributed by atoms with Crippen molar-refractivity contribution in [3.8, 4) is 0 Å². The number of anilines is 1. The van der Waals surface area contributed by atoms with Gasteiger partial charge in [0.05, 0.1) is 0 Å². The molecule has 1 fully saturated rings. The van der Waals surface area contributed by atoms with Gasteiger partial charge in [0.1, 0.15) is 0 Å². The quantitative estimate of drug-likeness (QED) is 0.331. The Hall–Kier alpha value is -2.27. The molecule has 0 radical (unpaired) electrons. The van der Waals surface area contributed by atoms with Crippen molar-refractivity contribution < 1.29 is 4.79 Å². The molecule has 1 aliphatic rings. The molecule has 1 saturated heterocycles. The Bertz CT molecular complexity index is 818. The molecule has 0 saturated carbocycles. The van der Waals surface area contributed by atoms with Crippen molar-refractivity contribution in [1.82, 2.24) is 15.2 Å². The number of allylic oxidation sites excluding steroid dienone is 1. The van der Waals surface area contributed by atoms with Gasteiger partial charge in [0, 0.05) is 29.3 Å². The highest BCUT2D eigenvalue weighted by Gasteiger charge is 2.22. The molecule has 0 unspecified atom stereocenters. The lowest BCUT2D eigenvalue weighted by molar-refractivity contribution is 0.209. The lowest BCUT2D eigenvalue weighted by Crippen LogP contribution is -2.33. The van der Waals surface area contributed by atoms with Crippen LogP contribution in [0, 0.1) is 0 Å². The van der Waals surface area contributed by atoms with Crippen LogP contribution in [-0.2, 0) is 0 Å². The van der Waals surface area contributed by atoms with Crippen molar-refractivity contribution in [3.05, 3.63) is 42.1 Å².